The van der Waals surface area contributed by atoms with Gasteiger partial charge >= 0.3 is 0 Å². The van der Waals surface area contributed by atoms with Gasteiger partial charge < -0.3 is 0 Å². The Morgan fingerprint density at radius 3 is 2.22 bits per heavy atom. The van der Waals surface area contributed by atoms with Gasteiger partial charge in [-0.3, -0.25) is 0 Å². The minimum absolute atomic E-state index is 0.448. The zero-order chi connectivity index (χ0) is 16.7. The van der Waals surface area contributed by atoms with Crippen LogP contribution in [0, 0.1) is 5.92 Å². The monoisotopic (exact) mass is 359 g/mol. The molecule has 0 N–H and O–H groups in total. The number of hydrogen-bond donors (Lipinski definition) is 0. The Morgan fingerprint density at radius 2 is 1.70 bits per heavy atom. The Hall–Kier alpha value is -0.600. The van der Waals surface area contributed by atoms with Crippen molar-refractivity contribution in [2.45, 2.75) is 32.6 Å². The van der Waals surface area contributed by atoms with E-state index in [1.165, 1.54) is 39.9 Å². The molecule has 3 unspecified atom stereocenters. The second-order valence-corrected chi connectivity index (χ2v) is 8.45. The topological polar surface area (TPSA) is 12.9 Å². The van der Waals surface area contributed by atoms with Crippen molar-refractivity contribution in [3.63, 3.8) is 0 Å². The molecule has 1 aliphatic carbocycles. The first-order valence-electron chi connectivity index (χ1n) is 8.04. The van der Waals surface area contributed by atoms with Crippen molar-refractivity contribution in [3.8, 4) is 11.3 Å². The third kappa shape index (κ3) is 3.44. The molecule has 1 aromatic carbocycles. The van der Waals surface area contributed by atoms with Crippen molar-refractivity contribution in [2.75, 3.05) is 0 Å². The molecule has 1 nitrogen and oxygen atoms in total. The van der Waals surface area contributed by atoms with Crippen LogP contribution in [-0.4, -0.2) is 4.98 Å². The number of rotatable bonds is 4. The molecule has 120 valence electrons. The molecule has 0 saturated heterocycles. The van der Waals surface area contributed by atoms with Gasteiger partial charge in [0.1, 0.15) is 0 Å². The highest BCUT2D eigenvalue weighted by atomic mass is 31.0. The smallest absolute Gasteiger partial charge is 0.0784 e. The Balaban J connectivity index is 2.22. The number of benzene rings is 1. The van der Waals surface area contributed by atoms with Crippen molar-refractivity contribution in [1.82, 2.24) is 4.98 Å². The highest BCUT2D eigenvalue weighted by Gasteiger charge is 2.29. The van der Waals surface area contributed by atoms with Crippen LogP contribution in [0.3, 0.4) is 0 Å². The lowest BCUT2D eigenvalue weighted by Crippen LogP contribution is -2.23. The first kappa shape index (κ1) is 17.2. The van der Waals surface area contributed by atoms with Crippen molar-refractivity contribution in [3.05, 3.63) is 42.1 Å². The van der Waals surface area contributed by atoms with Crippen LogP contribution in [0.5, 0.6) is 0 Å². The summed E-state index contributed by atoms with van der Waals surface area (Å²) in [5.74, 6) is 1.07. The Morgan fingerprint density at radius 1 is 1.09 bits per heavy atom. The molecule has 23 heavy (non-hydrogen) atoms. The van der Waals surface area contributed by atoms with E-state index < -0.39 is 0 Å². The van der Waals surface area contributed by atoms with E-state index in [0.717, 1.165) is 17.0 Å². The summed E-state index contributed by atoms with van der Waals surface area (Å²) in [5, 5.41) is 3.61. The molecule has 1 aliphatic rings. The number of pyridine rings is 1. The van der Waals surface area contributed by atoms with Gasteiger partial charge in [0.25, 0.3) is 0 Å². The first-order valence-corrected chi connectivity index (χ1v) is 9.77. The summed E-state index contributed by atoms with van der Waals surface area (Å²) in [7, 11) is 8.57. The van der Waals surface area contributed by atoms with Crippen LogP contribution in [0.2, 0.25) is 0 Å². The molecule has 3 rings (SSSR count). The molecule has 1 saturated carbocycles. The zero-order valence-corrected chi connectivity index (χ0v) is 17.2. The SMILES string of the molecule is C=C(c1nc(-c2ccc(P)cc2)c(P)c(C(C)C)c1P)C1CC1. The molecule has 0 aliphatic heterocycles. The predicted molar refractivity (Wildman–Crippen MR) is 114 cm³/mol. The number of allylic oxidation sites excluding steroid dienone is 1. The molecule has 1 heterocycles. The molecular formula is C19H24NP3. The molecule has 1 aromatic heterocycles. The van der Waals surface area contributed by atoms with Crippen LogP contribution >= 0.6 is 27.7 Å². The molecule has 3 atom stereocenters. The van der Waals surface area contributed by atoms with Gasteiger partial charge in [0.05, 0.1) is 11.4 Å². The van der Waals surface area contributed by atoms with Gasteiger partial charge in [-0.25, -0.2) is 4.98 Å². The van der Waals surface area contributed by atoms with Crippen LogP contribution < -0.4 is 15.9 Å². The van der Waals surface area contributed by atoms with E-state index in [9.17, 15) is 0 Å². The fourth-order valence-corrected chi connectivity index (χ4v) is 4.80. The molecular weight excluding hydrogens is 335 g/mol. The van der Waals surface area contributed by atoms with Crippen LogP contribution in [0.25, 0.3) is 16.8 Å². The average Bonchev–Trinajstić information content (AvgIpc) is 3.32. The minimum Gasteiger partial charge on any atom is -0.247 e. The van der Waals surface area contributed by atoms with Gasteiger partial charge in [0, 0.05) is 10.9 Å². The maximum Gasteiger partial charge on any atom is 0.0784 e. The lowest BCUT2D eigenvalue weighted by atomic mass is 9.97. The summed E-state index contributed by atoms with van der Waals surface area (Å²) >= 11 is 0. The lowest BCUT2D eigenvalue weighted by molar-refractivity contribution is 0.877. The van der Waals surface area contributed by atoms with Crippen LogP contribution in [0.4, 0.5) is 0 Å². The molecule has 0 radical (unpaired) electrons. The van der Waals surface area contributed by atoms with Crippen LogP contribution in [-0.2, 0) is 0 Å². The highest BCUT2D eigenvalue weighted by molar-refractivity contribution is 7.30. The van der Waals surface area contributed by atoms with E-state index in [0.29, 0.717) is 11.8 Å². The molecule has 4 heteroatoms. The normalized spacial score (nSPS) is 14.3. The zero-order valence-electron chi connectivity index (χ0n) is 13.8. The maximum absolute atomic E-state index is 5.03. The largest absolute Gasteiger partial charge is 0.247 e. The predicted octanol–water partition coefficient (Wildman–Crippen LogP) is 3.80. The second-order valence-electron chi connectivity index (χ2n) is 6.63. The Kier molecular flexibility index (Phi) is 5.04. The second kappa shape index (κ2) is 6.72. The summed E-state index contributed by atoms with van der Waals surface area (Å²) in [6, 6.07) is 8.53. The van der Waals surface area contributed by atoms with E-state index in [1.54, 1.807) is 0 Å². The molecule has 0 amide bonds. The lowest BCUT2D eigenvalue weighted by Gasteiger charge is -2.21. The Labute approximate surface area is 146 Å². The van der Waals surface area contributed by atoms with E-state index in [-0.39, 0.29) is 0 Å². The summed E-state index contributed by atoms with van der Waals surface area (Å²) in [5.41, 5.74) is 5.87. The standard InChI is InChI=1S/C19H24NP3/c1-10(2)15-18(22)16(11(3)12-4-5-12)20-17(19(15)23)13-6-8-14(21)9-7-13/h6-10,12H,3-5,21-23H2,1-2H3. The van der Waals surface area contributed by atoms with Gasteiger partial charge in [-0.05, 0) is 46.4 Å². The highest BCUT2D eigenvalue weighted by Crippen LogP contribution is 2.41. The van der Waals surface area contributed by atoms with Gasteiger partial charge in [-0.15, -0.1) is 27.7 Å². The first-order chi connectivity index (χ1) is 10.9. The van der Waals surface area contributed by atoms with E-state index in [1.807, 2.05) is 0 Å². The van der Waals surface area contributed by atoms with Crippen molar-refractivity contribution < 1.29 is 0 Å². The average molecular weight is 359 g/mol. The summed E-state index contributed by atoms with van der Waals surface area (Å²) in [4.78, 5) is 5.03. The molecule has 0 bridgehead atoms. The molecule has 0 spiro atoms. The molecule has 1 fully saturated rings. The number of nitrogens with zero attached hydrogens (tertiary/aromatic N) is 1. The summed E-state index contributed by atoms with van der Waals surface area (Å²) in [6.07, 6.45) is 2.50. The van der Waals surface area contributed by atoms with Crippen LogP contribution in [0.15, 0.2) is 30.8 Å². The maximum atomic E-state index is 5.03. The number of aromatic nitrogens is 1. The van der Waals surface area contributed by atoms with Crippen LogP contribution in [0.1, 0.15) is 43.9 Å². The Bertz CT molecular complexity index is 759. The van der Waals surface area contributed by atoms with Crippen molar-refractivity contribution in [2.24, 2.45) is 5.92 Å². The summed E-state index contributed by atoms with van der Waals surface area (Å²) < 4.78 is 0. The van der Waals surface area contributed by atoms with E-state index >= 15 is 0 Å². The minimum atomic E-state index is 0.448. The van der Waals surface area contributed by atoms with E-state index in [4.69, 9.17) is 4.98 Å². The number of hydrogen-bond acceptors (Lipinski definition) is 1. The fraction of sp³-hybridized carbons (Fsp3) is 0.316. The molecule has 2 aromatic rings. The quantitative estimate of drug-likeness (QED) is 0.757. The van der Waals surface area contributed by atoms with Gasteiger partial charge in [0.2, 0.25) is 0 Å². The third-order valence-corrected chi connectivity index (χ3v) is 6.00. The van der Waals surface area contributed by atoms with Crippen molar-refractivity contribution in [1.29, 1.82) is 0 Å². The summed E-state index contributed by atoms with van der Waals surface area (Å²) in [6.45, 7) is 8.83. The third-order valence-electron chi connectivity index (χ3n) is 4.45. The van der Waals surface area contributed by atoms with E-state index in [2.05, 4.69) is 72.4 Å². The fourth-order valence-electron chi connectivity index (χ4n) is 2.99. The van der Waals surface area contributed by atoms with Gasteiger partial charge in [-0.2, -0.15) is 0 Å². The van der Waals surface area contributed by atoms with Crippen molar-refractivity contribution >= 4 is 49.2 Å². The van der Waals surface area contributed by atoms with Gasteiger partial charge in [0.15, 0.2) is 0 Å². The van der Waals surface area contributed by atoms with Gasteiger partial charge in [-0.1, -0.05) is 44.7 Å².